The van der Waals surface area contributed by atoms with Gasteiger partial charge in [0.1, 0.15) is 6.17 Å². The van der Waals surface area contributed by atoms with Gasteiger partial charge in [0.2, 0.25) is 0 Å². The average molecular weight is 247 g/mol. The SMILES string of the molecule is FN1C=CC(Nc2ccccc2)N(F)C1(F)F. The van der Waals surface area contributed by atoms with Crippen molar-refractivity contribution in [1.29, 1.82) is 0 Å². The van der Waals surface area contributed by atoms with Crippen molar-refractivity contribution in [3.05, 3.63) is 42.6 Å². The molecule has 0 bridgehead atoms. The molecule has 1 aromatic carbocycles. The third-order valence-corrected chi connectivity index (χ3v) is 2.25. The zero-order valence-electron chi connectivity index (χ0n) is 8.53. The molecule has 1 unspecified atom stereocenters. The van der Waals surface area contributed by atoms with E-state index in [0.717, 1.165) is 6.08 Å². The molecule has 17 heavy (non-hydrogen) atoms. The molecule has 1 aliphatic heterocycles. The number of benzene rings is 1. The number of para-hydroxylation sites is 1. The van der Waals surface area contributed by atoms with Gasteiger partial charge in [0.05, 0.1) is 0 Å². The van der Waals surface area contributed by atoms with E-state index in [4.69, 9.17) is 0 Å². The van der Waals surface area contributed by atoms with Crippen molar-refractivity contribution in [3.63, 3.8) is 0 Å². The summed E-state index contributed by atoms with van der Waals surface area (Å²) in [5, 5.41) is 0.619. The van der Waals surface area contributed by atoms with Crippen LogP contribution in [-0.2, 0) is 0 Å². The molecule has 0 saturated carbocycles. The number of rotatable bonds is 2. The summed E-state index contributed by atoms with van der Waals surface area (Å²) in [4.78, 5) is 0. The van der Waals surface area contributed by atoms with E-state index >= 15 is 0 Å². The Kier molecular flexibility index (Phi) is 2.93. The summed E-state index contributed by atoms with van der Waals surface area (Å²) in [6.45, 7) is 0. The Balaban J connectivity index is 2.15. The summed E-state index contributed by atoms with van der Waals surface area (Å²) < 4.78 is 51.8. The van der Waals surface area contributed by atoms with Crippen molar-refractivity contribution in [2.24, 2.45) is 0 Å². The van der Waals surface area contributed by atoms with Crippen LogP contribution in [0.4, 0.5) is 23.4 Å². The smallest absolute Gasteiger partial charge is 0.364 e. The van der Waals surface area contributed by atoms with E-state index in [1.807, 2.05) is 0 Å². The van der Waals surface area contributed by atoms with Gasteiger partial charge in [0, 0.05) is 11.9 Å². The Morgan fingerprint density at radius 2 is 1.76 bits per heavy atom. The van der Waals surface area contributed by atoms with E-state index in [1.54, 1.807) is 30.3 Å². The molecule has 1 aliphatic rings. The number of alkyl halides is 2. The quantitative estimate of drug-likeness (QED) is 0.492. The first-order valence-electron chi connectivity index (χ1n) is 4.80. The number of halogens is 4. The van der Waals surface area contributed by atoms with E-state index in [1.165, 1.54) is 0 Å². The van der Waals surface area contributed by atoms with Crippen LogP contribution in [0.3, 0.4) is 0 Å². The van der Waals surface area contributed by atoms with Crippen molar-refractivity contribution >= 4 is 5.69 Å². The summed E-state index contributed by atoms with van der Waals surface area (Å²) in [6, 6.07) is 8.23. The van der Waals surface area contributed by atoms with Gasteiger partial charge in [0.25, 0.3) is 0 Å². The summed E-state index contributed by atoms with van der Waals surface area (Å²) in [5.74, 6) is 0. The standard InChI is InChI=1S/C10H9F4N3/c11-10(12)16(13)7-6-9(17(10)14)15-8-4-2-1-3-5-8/h1-7,9,15H. The fraction of sp³-hybridized carbons (Fsp3) is 0.200. The fourth-order valence-electron chi connectivity index (χ4n) is 1.39. The molecule has 3 nitrogen and oxygen atoms in total. The van der Waals surface area contributed by atoms with Crippen LogP contribution >= 0.6 is 0 Å². The van der Waals surface area contributed by atoms with Crippen molar-refractivity contribution in [2.75, 3.05) is 5.32 Å². The zero-order valence-corrected chi connectivity index (χ0v) is 8.53. The van der Waals surface area contributed by atoms with Gasteiger partial charge in [-0.3, -0.25) is 0 Å². The third kappa shape index (κ3) is 2.19. The van der Waals surface area contributed by atoms with Gasteiger partial charge in [-0.15, -0.1) is 9.60 Å². The van der Waals surface area contributed by atoms with Crippen LogP contribution in [0.25, 0.3) is 0 Å². The summed E-state index contributed by atoms with van der Waals surface area (Å²) in [7, 11) is 0. The monoisotopic (exact) mass is 247 g/mol. The zero-order chi connectivity index (χ0) is 12.5. The van der Waals surface area contributed by atoms with Crippen LogP contribution in [0.5, 0.6) is 0 Å². The van der Waals surface area contributed by atoms with Crippen LogP contribution in [0.15, 0.2) is 42.6 Å². The largest absolute Gasteiger partial charge is 0.445 e. The van der Waals surface area contributed by atoms with Crippen molar-refractivity contribution in [3.8, 4) is 0 Å². The molecule has 0 fully saturated rings. The Morgan fingerprint density at radius 3 is 2.41 bits per heavy atom. The van der Waals surface area contributed by atoms with Crippen LogP contribution in [0.2, 0.25) is 0 Å². The minimum atomic E-state index is -4.32. The van der Waals surface area contributed by atoms with Gasteiger partial charge in [-0.1, -0.05) is 22.7 Å². The number of nitrogens with zero attached hydrogens (tertiary/aromatic N) is 2. The molecule has 1 atom stereocenters. The molecular weight excluding hydrogens is 238 g/mol. The first-order valence-corrected chi connectivity index (χ1v) is 4.80. The minimum absolute atomic E-state index is 0.452. The Hall–Kier alpha value is -1.76. The average Bonchev–Trinajstić information content (AvgIpc) is 2.32. The van der Waals surface area contributed by atoms with Gasteiger partial charge in [0.15, 0.2) is 0 Å². The summed E-state index contributed by atoms with van der Waals surface area (Å²) in [5.41, 5.74) is 0.452. The number of nitrogens with one attached hydrogen (secondary N) is 1. The molecule has 0 radical (unpaired) electrons. The normalized spacial score (nSPS) is 23.8. The molecular formula is C10H9F4N3. The number of hydrogen-bond acceptors (Lipinski definition) is 3. The molecule has 1 heterocycles. The van der Waals surface area contributed by atoms with Gasteiger partial charge in [-0.2, -0.15) is 8.78 Å². The van der Waals surface area contributed by atoms with E-state index in [-0.39, 0.29) is 0 Å². The lowest BCUT2D eigenvalue weighted by Gasteiger charge is -2.34. The second-order valence-corrected chi connectivity index (χ2v) is 3.43. The maximum atomic E-state index is 13.2. The Bertz CT molecular complexity index is 409. The maximum Gasteiger partial charge on any atom is 0.445 e. The van der Waals surface area contributed by atoms with Gasteiger partial charge < -0.3 is 5.32 Å². The lowest BCUT2D eigenvalue weighted by molar-refractivity contribution is -0.357. The lowest BCUT2D eigenvalue weighted by Crippen LogP contribution is -2.54. The van der Waals surface area contributed by atoms with Crippen LogP contribution in [0, 0.1) is 0 Å². The minimum Gasteiger partial charge on any atom is -0.364 e. The molecule has 0 amide bonds. The number of hydrogen-bond donors (Lipinski definition) is 1. The predicted molar refractivity (Wildman–Crippen MR) is 53.8 cm³/mol. The van der Waals surface area contributed by atoms with E-state index in [0.29, 0.717) is 11.9 Å². The first kappa shape index (κ1) is 11.7. The highest BCUT2D eigenvalue weighted by Gasteiger charge is 2.50. The fourth-order valence-corrected chi connectivity index (χ4v) is 1.39. The van der Waals surface area contributed by atoms with Gasteiger partial charge in [-0.25, -0.2) is 0 Å². The second-order valence-electron chi connectivity index (χ2n) is 3.43. The van der Waals surface area contributed by atoms with Crippen molar-refractivity contribution < 1.29 is 17.7 Å². The van der Waals surface area contributed by atoms with Crippen molar-refractivity contribution in [1.82, 2.24) is 10.2 Å². The molecule has 0 aliphatic carbocycles. The van der Waals surface area contributed by atoms with Gasteiger partial charge in [-0.05, 0) is 23.3 Å². The van der Waals surface area contributed by atoms with E-state index in [9.17, 15) is 17.7 Å². The van der Waals surface area contributed by atoms with Crippen LogP contribution < -0.4 is 5.32 Å². The third-order valence-electron chi connectivity index (χ3n) is 2.25. The molecule has 7 heteroatoms. The molecule has 0 aromatic heterocycles. The van der Waals surface area contributed by atoms with Crippen LogP contribution in [0.1, 0.15) is 0 Å². The molecule has 1 aromatic rings. The van der Waals surface area contributed by atoms with E-state index in [2.05, 4.69) is 5.32 Å². The molecule has 1 N–H and O–H groups in total. The highest BCUT2D eigenvalue weighted by Crippen LogP contribution is 2.32. The summed E-state index contributed by atoms with van der Waals surface area (Å²) in [6.07, 6.45) is -4.32. The number of anilines is 1. The second kappa shape index (κ2) is 4.25. The molecule has 0 spiro atoms. The van der Waals surface area contributed by atoms with Gasteiger partial charge >= 0.3 is 6.17 Å². The molecule has 92 valence electrons. The predicted octanol–water partition coefficient (Wildman–Crippen LogP) is 2.88. The molecule has 0 saturated heterocycles. The topological polar surface area (TPSA) is 18.5 Å². The van der Waals surface area contributed by atoms with Crippen LogP contribution in [-0.4, -0.2) is 22.6 Å². The van der Waals surface area contributed by atoms with E-state index < -0.39 is 22.6 Å². The molecule has 2 rings (SSSR count). The summed E-state index contributed by atoms with van der Waals surface area (Å²) >= 11 is 0. The van der Waals surface area contributed by atoms with Crippen molar-refractivity contribution in [2.45, 2.75) is 12.3 Å². The Morgan fingerprint density at radius 1 is 1.12 bits per heavy atom. The first-order chi connectivity index (χ1) is 8.01. The maximum absolute atomic E-state index is 13.2. The Labute approximate surface area is 94.8 Å². The lowest BCUT2D eigenvalue weighted by atomic mass is 10.3. The highest BCUT2D eigenvalue weighted by molar-refractivity contribution is 5.44. The highest BCUT2D eigenvalue weighted by atomic mass is 19.3.